The average Bonchev–Trinajstić information content (AvgIpc) is 2.34. The van der Waals surface area contributed by atoms with Crippen molar-refractivity contribution in [3.63, 3.8) is 0 Å². The minimum absolute atomic E-state index is 0.612. The number of carbonyl (C=O) groups is 1. The van der Waals surface area contributed by atoms with Crippen LogP contribution in [0.15, 0.2) is 35.4 Å². The van der Waals surface area contributed by atoms with Crippen molar-refractivity contribution >= 4 is 11.7 Å². The highest BCUT2D eigenvalue weighted by Crippen LogP contribution is 2.06. The Kier molecular flexibility index (Phi) is 5.79. The zero-order chi connectivity index (χ0) is 12.5. The standard InChI is InChI=1S/C13H19N3O/c1-2-12(15-16-13(14)17)10-6-9-11-7-4-3-5-8-11/h3-5,7-8H,2,6,9-10H2,1H3,(H3,14,16,17)/b15-12-. The van der Waals surface area contributed by atoms with Gasteiger partial charge >= 0.3 is 6.03 Å². The monoisotopic (exact) mass is 233 g/mol. The quantitative estimate of drug-likeness (QED) is 0.575. The number of nitrogens with zero attached hydrogens (tertiary/aromatic N) is 1. The van der Waals surface area contributed by atoms with Crippen LogP contribution in [-0.2, 0) is 6.42 Å². The second-order valence-corrected chi connectivity index (χ2v) is 3.85. The van der Waals surface area contributed by atoms with Crippen molar-refractivity contribution in [1.29, 1.82) is 0 Å². The van der Waals surface area contributed by atoms with E-state index in [1.807, 2.05) is 25.1 Å². The largest absolute Gasteiger partial charge is 0.350 e. The summed E-state index contributed by atoms with van der Waals surface area (Å²) in [7, 11) is 0. The summed E-state index contributed by atoms with van der Waals surface area (Å²) in [6.45, 7) is 2.02. The molecule has 0 unspecified atom stereocenters. The molecule has 2 amide bonds. The summed E-state index contributed by atoms with van der Waals surface area (Å²) in [6, 6.07) is 9.71. The molecule has 4 nitrogen and oxygen atoms in total. The molecule has 3 N–H and O–H groups in total. The fourth-order valence-corrected chi connectivity index (χ4v) is 1.59. The van der Waals surface area contributed by atoms with E-state index in [-0.39, 0.29) is 0 Å². The van der Waals surface area contributed by atoms with Crippen LogP contribution in [0, 0.1) is 0 Å². The number of nitrogens with one attached hydrogen (secondary N) is 1. The molecular formula is C13H19N3O. The number of hydrogen-bond donors (Lipinski definition) is 2. The van der Waals surface area contributed by atoms with Crippen LogP contribution in [0.4, 0.5) is 4.79 Å². The van der Waals surface area contributed by atoms with Crippen LogP contribution in [0.25, 0.3) is 0 Å². The predicted molar refractivity (Wildman–Crippen MR) is 69.8 cm³/mol. The summed E-state index contributed by atoms with van der Waals surface area (Å²) in [4.78, 5) is 10.5. The maximum absolute atomic E-state index is 10.5. The lowest BCUT2D eigenvalue weighted by Gasteiger charge is -2.04. The van der Waals surface area contributed by atoms with Crippen molar-refractivity contribution in [2.75, 3.05) is 0 Å². The minimum atomic E-state index is -0.612. The lowest BCUT2D eigenvalue weighted by Crippen LogP contribution is -2.25. The van der Waals surface area contributed by atoms with Crippen molar-refractivity contribution in [3.8, 4) is 0 Å². The van der Waals surface area contributed by atoms with Gasteiger partial charge in [-0.2, -0.15) is 5.10 Å². The average molecular weight is 233 g/mol. The molecular weight excluding hydrogens is 214 g/mol. The van der Waals surface area contributed by atoms with Crippen molar-refractivity contribution in [2.24, 2.45) is 10.8 Å². The first-order chi connectivity index (χ1) is 8.22. The van der Waals surface area contributed by atoms with Crippen molar-refractivity contribution < 1.29 is 4.79 Å². The van der Waals surface area contributed by atoms with Crippen LogP contribution in [0.5, 0.6) is 0 Å². The van der Waals surface area contributed by atoms with E-state index in [1.54, 1.807) is 0 Å². The Morgan fingerprint density at radius 1 is 1.35 bits per heavy atom. The molecule has 0 spiro atoms. The van der Waals surface area contributed by atoms with E-state index in [2.05, 4.69) is 22.7 Å². The zero-order valence-electron chi connectivity index (χ0n) is 10.1. The first kappa shape index (κ1) is 13.2. The fourth-order valence-electron chi connectivity index (χ4n) is 1.59. The number of carbonyl (C=O) groups excluding carboxylic acids is 1. The third-order valence-corrected chi connectivity index (χ3v) is 2.51. The predicted octanol–water partition coefficient (Wildman–Crippen LogP) is 2.44. The van der Waals surface area contributed by atoms with Gasteiger partial charge in [0.05, 0.1) is 0 Å². The molecule has 0 fully saturated rings. The highest BCUT2D eigenvalue weighted by Gasteiger charge is 1.99. The number of primary amides is 1. The Morgan fingerprint density at radius 2 is 2.06 bits per heavy atom. The molecule has 4 heteroatoms. The Balaban J connectivity index is 2.33. The summed E-state index contributed by atoms with van der Waals surface area (Å²) in [5.41, 5.74) is 9.53. The van der Waals surface area contributed by atoms with Crippen LogP contribution in [0.1, 0.15) is 31.7 Å². The van der Waals surface area contributed by atoms with Gasteiger partial charge in [0.25, 0.3) is 0 Å². The van der Waals surface area contributed by atoms with E-state index >= 15 is 0 Å². The molecule has 0 aliphatic heterocycles. The third kappa shape index (κ3) is 5.70. The van der Waals surface area contributed by atoms with Crippen LogP contribution in [0.3, 0.4) is 0 Å². The van der Waals surface area contributed by atoms with Gasteiger partial charge in [-0.15, -0.1) is 0 Å². The summed E-state index contributed by atoms with van der Waals surface area (Å²) < 4.78 is 0. The second-order valence-electron chi connectivity index (χ2n) is 3.85. The molecule has 0 atom stereocenters. The molecule has 0 aromatic heterocycles. The van der Waals surface area contributed by atoms with E-state index in [0.717, 1.165) is 31.4 Å². The van der Waals surface area contributed by atoms with Gasteiger partial charge in [-0.05, 0) is 31.2 Å². The van der Waals surface area contributed by atoms with E-state index in [1.165, 1.54) is 5.56 Å². The zero-order valence-corrected chi connectivity index (χ0v) is 10.1. The molecule has 92 valence electrons. The highest BCUT2D eigenvalue weighted by molar-refractivity contribution is 5.85. The number of rotatable bonds is 6. The summed E-state index contributed by atoms with van der Waals surface area (Å²) in [5, 5.41) is 3.97. The molecule has 0 bridgehead atoms. The van der Waals surface area contributed by atoms with E-state index in [0.29, 0.717) is 0 Å². The summed E-state index contributed by atoms with van der Waals surface area (Å²) >= 11 is 0. The van der Waals surface area contributed by atoms with Gasteiger partial charge in [0.15, 0.2) is 0 Å². The van der Waals surface area contributed by atoms with E-state index < -0.39 is 6.03 Å². The molecule has 0 heterocycles. The molecule has 1 rings (SSSR count). The Bertz CT molecular complexity index is 374. The number of urea groups is 1. The first-order valence-corrected chi connectivity index (χ1v) is 5.87. The number of nitrogens with two attached hydrogens (primary N) is 1. The number of amides is 2. The number of hydrazone groups is 1. The smallest absolute Gasteiger partial charge is 0.332 e. The lowest BCUT2D eigenvalue weighted by molar-refractivity contribution is 0.249. The fraction of sp³-hybridized carbons (Fsp3) is 0.385. The topological polar surface area (TPSA) is 67.5 Å². The second kappa shape index (κ2) is 7.44. The van der Waals surface area contributed by atoms with Gasteiger partial charge in [0.2, 0.25) is 0 Å². The summed E-state index contributed by atoms with van der Waals surface area (Å²) in [5.74, 6) is 0. The first-order valence-electron chi connectivity index (χ1n) is 5.87. The normalized spacial score (nSPS) is 11.2. The highest BCUT2D eigenvalue weighted by atomic mass is 16.2. The van der Waals surface area contributed by atoms with Gasteiger partial charge < -0.3 is 5.73 Å². The molecule has 17 heavy (non-hydrogen) atoms. The third-order valence-electron chi connectivity index (χ3n) is 2.51. The van der Waals surface area contributed by atoms with E-state index in [9.17, 15) is 4.79 Å². The number of aryl methyl sites for hydroxylation is 1. The van der Waals surface area contributed by atoms with Gasteiger partial charge in [0.1, 0.15) is 0 Å². The van der Waals surface area contributed by atoms with E-state index in [4.69, 9.17) is 5.73 Å². The maximum Gasteiger partial charge on any atom is 0.332 e. The number of benzene rings is 1. The SMILES string of the molecule is CC/C(CCCc1ccccc1)=N/NC(N)=O. The van der Waals surface area contributed by atoms with Crippen molar-refractivity contribution in [3.05, 3.63) is 35.9 Å². The summed E-state index contributed by atoms with van der Waals surface area (Å²) in [6.07, 6.45) is 3.76. The van der Waals surface area contributed by atoms with Crippen LogP contribution < -0.4 is 11.2 Å². The van der Waals surface area contributed by atoms with Crippen molar-refractivity contribution in [1.82, 2.24) is 5.43 Å². The lowest BCUT2D eigenvalue weighted by atomic mass is 10.1. The van der Waals surface area contributed by atoms with Crippen LogP contribution >= 0.6 is 0 Å². The Hall–Kier alpha value is -1.84. The van der Waals surface area contributed by atoms with Crippen LogP contribution in [0.2, 0.25) is 0 Å². The van der Waals surface area contributed by atoms with Gasteiger partial charge in [0, 0.05) is 5.71 Å². The molecule has 0 aliphatic rings. The molecule has 1 aromatic rings. The number of hydrogen-bond acceptors (Lipinski definition) is 2. The maximum atomic E-state index is 10.5. The molecule has 0 saturated heterocycles. The Morgan fingerprint density at radius 3 is 2.65 bits per heavy atom. The van der Waals surface area contributed by atoms with Crippen LogP contribution in [-0.4, -0.2) is 11.7 Å². The van der Waals surface area contributed by atoms with Gasteiger partial charge in [-0.3, -0.25) is 0 Å². The molecule has 0 saturated carbocycles. The Labute approximate surface area is 102 Å². The molecule has 1 aromatic carbocycles. The minimum Gasteiger partial charge on any atom is -0.350 e. The van der Waals surface area contributed by atoms with Crippen molar-refractivity contribution in [2.45, 2.75) is 32.6 Å². The molecule has 0 radical (unpaired) electrons. The van der Waals surface area contributed by atoms with Gasteiger partial charge in [-0.1, -0.05) is 37.3 Å². The molecule has 0 aliphatic carbocycles. The van der Waals surface area contributed by atoms with Gasteiger partial charge in [-0.25, -0.2) is 10.2 Å².